The lowest BCUT2D eigenvalue weighted by atomic mass is 10.1. The number of amidine groups is 2. The highest BCUT2D eigenvalue weighted by molar-refractivity contribution is 5.98. The molecule has 0 aliphatic carbocycles. The van der Waals surface area contributed by atoms with Crippen molar-refractivity contribution in [2.45, 2.75) is 59.9 Å². The van der Waals surface area contributed by atoms with E-state index in [-0.39, 0.29) is 36.9 Å². The van der Waals surface area contributed by atoms with Gasteiger partial charge in [-0.2, -0.15) is 0 Å². The summed E-state index contributed by atoms with van der Waals surface area (Å²) in [5.41, 5.74) is 17.2. The van der Waals surface area contributed by atoms with E-state index in [4.69, 9.17) is 20.9 Å². The second-order valence-electron chi connectivity index (χ2n) is 9.17. The highest BCUT2D eigenvalue weighted by Gasteiger charge is 2.05. The number of nitrogens with two attached hydrogens (primary N) is 2. The van der Waals surface area contributed by atoms with Crippen LogP contribution < -0.4 is 20.9 Å². The van der Waals surface area contributed by atoms with Crippen molar-refractivity contribution in [2.75, 3.05) is 0 Å². The van der Waals surface area contributed by atoms with Crippen molar-refractivity contribution in [1.29, 1.82) is 0 Å². The lowest BCUT2D eigenvalue weighted by Crippen LogP contribution is -2.15. The Kier molecular flexibility index (Phi) is 13.0. The Hall–Kier alpha value is -3.22. The molecule has 0 saturated carbocycles. The number of benzene rings is 3. The minimum absolute atomic E-state index is 0. The van der Waals surface area contributed by atoms with E-state index in [2.05, 4.69) is 35.1 Å². The van der Waals surface area contributed by atoms with Gasteiger partial charge in [0.1, 0.15) is 36.4 Å². The first-order chi connectivity index (χ1) is 16.7. The molecule has 0 fully saturated rings. The van der Waals surface area contributed by atoms with Gasteiger partial charge in [0, 0.05) is 23.2 Å². The van der Waals surface area contributed by atoms with Crippen LogP contribution in [0.25, 0.3) is 0 Å². The molecule has 0 aliphatic rings. The van der Waals surface area contributed by atoms with Gasteiger partial charge < -0.3 is 20.9 Å². The molecule has 0 unspecified atom stereocenters. The summed E-state index contributed by atoms with van der Waals surface area (Å²) < 4.78 is 12.0. The predicted octanol–water partition coefficient (Wildman–Crippen LogP) is 6.22. The number of aliphatic imine (C=N–C) groups is 2. The highest BCUT2D eigenvalue weighted by atomic mass is 35.5. The quantitative estimate of drug-likeness (QED) is 0.233. The molecule has 200 valence electrons. The monoisotopic (exact) mass is 544 g/mol. The van der Waals surface area contributed by atoms with Crippen LogP contribution in [-0.2, 0) is 13.2 Å². The zero-order valence-corrected chi connectivity index (χ0v) is 23.7. The Morgan fingerprint density at radius 2 is 1.00 bits per heavy atom. The fourth-order valence-electron chi connectivity index (χ4n) is 3.60. The number of rotatable bonds is 10. The Labute approximate surface area is 233 Å². The fourth-order valence-corrected chi connectivity index (χ4v) is 3.60. The molecule has 0 aromatic heterocycles. The van der Waals surface area contributed by atoms with Crippen LogP contribution in [0.15, 0.2) is 76.7 Å². The van der Waals surface area contributed by atoms with Crippen LogP contribution in [0.3, 0.4) is 0 Å². The standard InChI is InChI=1S/C29H36N4O2.2ClH/c1-19(2)32-28(30)24-6-10-26(11-7-24)34-17-22-14-21(5)15-23(16-22)18-35-27-12-8-25(9-13-27)29(31)33-20(3)4;;/h6-16,19-20H,17-18H2,1-5H3,(H2,30,32)(H2,31,33);2*1H. The molecule has 0 atom stereocenters. The van der Waals surface area contributed by atoms with Crippen molar-refractivity contribution in [1.82, 2.24) is 0 Å². The summed E-state index contributed by atoms with van der Waals surface area (Å²) in [6.45, 7) is 11.0. The number of hydrogen-bond donors (Lipinski definition) is 2. The van der Waals surface area contributed by atoms with E-state index in [1.54, 1.807) is 0 Å². The molecule has 3 rings (SSSR count). The van der Waals surface area contributed by atoms with Gasteiger partial charge in [-0.05, 0) is 100 Å². The molecule has 0 radical (unpaired) electrons. The maximum absolute atomic E-state index is 6.04. The van der Waals surface area contributed by atoms with Crippen LogP contribution in [0.5, 0.6) is 11.5 Å². The topological polar surface area (TPSA) is 95.2 Å². The van der Waals surface area contributed by atoms with Gasteiger partial charge in [-0.1, -0.05) is 17.7 Å². The average molecular weight is 546 g/mol. The normalized spacial score (nSPS) is 11.6. The Morgan fingerprint density at radius 3 is 1.32 bits per heavy atom. The van der Waals surface area contributed by atoms with Crippen molar-refractivity contribution in [2.24, 2.45) is 21.5 Å². The van der Waals surface area contributed by atoms with E-state index in [1.807, 2.05) is 76.2 Å². The van der Waals surface area contributed by atoms with Crippen LogP contribution in [0.1, 0.15) is 55.5 Å². The maximum atomic E-state index is 6.04. The van der Waals surface area contributed by atoms with Gasteiger partial charge in [-0.3, -0.25) is 9.98 Å². The summed E-state index contributed by atoms with van der Waals surface area (Å²) in [5.74, 6) is 2.64. The lowest BCUT2D eigenvalue weighted by molar-refractivity contribution is 0.299. The van der Waals surface area contributed by atoms with E-state index in [9.17, 15) is 0 Å². The van der Waals surface area contributed by atoms with Crippen molar-refractivity contribution >= 4 is 36.5 Å². The van der Waals surface area contributed by atoms with Crippen molar-refractivity contribution in [3.63, 3.8) is 0 Å². The molecule has 0 spiro atoms. The molecule has 0 aliphatic heterocycles. The molecule has 4 N–H and O–H groups in total. The van der Waals surface area contributed by atoms with Crippen molar-refractivity contribution in [3.05, 3.63) is 94.5 Å². The molecule has 3 aromatic carbocycles. The maximum Gasteiger partial charge on any atom is 0.125 e. The third-order valence-electron chi connectivity index (χ3n) is 5.10. The SMILES string of the molecule is Cc1cc(COc2ccc(C(N)=NC(C)C)cc2)cc(COc2ccc(C(N)=NC(C)C)cc2)c1.Cl.Cl. The highest BCUT2D eigenvalue weighted by Crippen LogP contribution is 2.19. The zero-order valence-electron chi connectivity index (χ0n) is 22.1. The molecule has 3 aromatic rings. The van der Waals surface area contributed by atoms with Crippen LogP contribution in [0.2, 0.25) is 0 Å². The van der Waals surface area contributed by atoms with E-state index < -0.39 is 0 Å². The molecule has 8 heteroatoms. The van der Waals surface area contributed by atoms with Gasteiger partial charge in [0.05, 0.1) is 0 Å². The number of ether oxygens (including phenoxy) is 2. The summed E-state index contributed by atoms with van der Waals surface area (Å²) in [6.07, 6.45) is 0. The fraction of sp³-hybridized carbons (Fsp3) is 0.310. The molecular formula is C29H38Cl2N4O2. The van der Waals surface area contributed by atoms with E-state index in [1.165, 1.54) is 0 Å². The number of nitrogens with zero attached hydrogens (tertiary/aromatic N) is 2. The first-order valence-electron chi connectivity index (χ1n) is 11.9. The molecule has 0 saturated heterocycles. The number of aryl methyl sites for hydroxylation is 1. The molecule has 0 heterocycles. The summed E-state index contributed by atoms with van der Waals surface area (Å²) >= 11 is 0. The third kappa shape index (κ3) is 10.3. The van der Waals surface area contributed by atoms with Gasteiger partial charge in [-0.15, -0.1) is 24.8 Å². The molecule has 6 nitrogen and oxygen atoms in total. The van der Waals surface area contributed by atoms with E-state index in [0.717, 1.165) is 39.3 Å². The first kappa shape index (κ1) is 31.8. The Bertz CT molecular complexity index is 1090. The van der Waals surface area contributed by atoms with Crippen LogP contribution >= 0.6 is 24.8 Å². The average Bonchev–Trinajstić information content (AvgIpc) is 2.81. The molecule has 0 amide bonds. The largest absolute Gasteiger partial charge is 0.489 e. The van der Waals surface area contributed by atoms with Gasteiger partial charge in [0.15, 0.2) is 0 Å². The smallest absolute Gasteiger partial charge is 0.125 e. The number of halogens is 2. The van der Waals surface area contributed by atoms with Crippen LogP contribution in [0, 0.1) is 6.92 Å². The van der Waals surface area contributed by atoms with Crippen molar-refractivity contribution in [3.8, 4) is 11.5 Å². The third-order valence-corrected chi connectivity index (χ3v) is 5.10. The first-order valence-corrected chi connectivity index (χ1v) is 11.9. The Balaban J connectivity index is 0.00000342. The van der Waals surface area contributed by atoms with Gasteiger partial charge in [0.25, 0.3) is 0 Å². The van der Waals surface area contributed by atoms with Crippen LogP contribution in [0.4, 0.5) is 0 Å². The zero-order chi connectivity index (χ0) is 25.4. The van der Waals surface area contributed by atoms with Gasteiger partial charge in [-0.25, -0.2) is 0 Å². The number of hydrogen-bond acceptors (Lipinski definition) is 4. The van der Waals surface area contributed by atoms with Crippen LogP contribution in [-0.4, -0.2) is 23.8 Å². The second kappa shape index (κ2) is 15.1. The molecule has 37 heavy (non-hydrogen) atoms. The summed E-state index contributed by atoms with van der Waals surface area (Å²) in [5, 5.41) is 0. The minimum atomic E-state index is 0. The molecular weight excluding hydrogens is 507 g/mol. The van der Waals surface area contributed by atoms with Gasteiger partial charge in [0.2, 0.25) is 0 Å². The van der Waals surface area contributed by atoms with Gasteiger partial charge >= 0.3 is 0 Å². The minimum Gasteiger partial charge on any atom is -0.489 e. The molecule has 0 bridgehead atoms. The van der Waals surface area contributed by atoms with E-state index >= 15 is 0 Å². The predicted molar refractivity (Wildman–Crippen MR) is 159 cm³/mol. The van der Waals surface area contributed by atoms with E-state index in [0.29, 0.717) is 24.9 Å². The summed E-state index contributed by atoms with van der Waals surface area (Å²) in [7, 11) is 0. The second-order valence-corrected chi connectivity index (χ2v) is 9.17. The summed E-state index contributed by atoms with van der Waals surface area (Å²) in [6, 6.07) is 22.1. The Morgan fingerprint density at radius 1 is 0.649 bits per heavy atom. The summed E-state index contributed by atoms with van der Waals surface area (Å²) in [4.78, 5) is 8.77. The van der Waals surface area contributed by atoms with Crippen molar-refractivity contribution < 1.29 is 9.47 Å². The lowest BCUT2D eigenvalue weighted by Gasteiger charge is -2.12.